The maximum atomic E-state index is 5.14. The lowest BCUT2D eigenvalue weighted by atomic mass is 10.1. The van der Waals surface area contributed by atoms with E-state index < -0.39 is 0 Å². The van der Waals surface area contributed by atoms with E-state index in [2.05, 4.69) is 22.8 Å². The average Bonchev–Trinajstić information content (AvgIpc) is 2.41. The van der Waals surface area contributed by atoms with Gasteiger partial charge < -0.3 is 15.4 Å². The Hall–Kier alpha value is -1.06. The third kappa shape index (κ3) is 4.02. The molecule has 1 unspecified atom stereocenters. The van der Waals surface area contributed by atoms with Gasteiger partial charge in [0.05, 0.1) is 7.11 Å². The molecule has 1 aromatic rings. The lowest BCUT2D eigenvalue weighted by Gasteiger charge is -2.23. The van der Waals surface area contributed by atoms with Gasteiger partial charge in [0, 0.05) is 19.1 Å². The second-order valence-corrected chi connectivity index (χ2v) is 4.63. The first kappa shape index (κ1) is 12.4. The molecule has 17 heavy (non-hydrogen) atoms. The number of hydrogen-bond acceptors (Lipinski definition) is 3. The zero-order valence-electron chi connectivity index (χ0n) is 10.5. The van der Waals surface area contributed by atoms with Gasteiger partial charge in [0.1, 0.15) is 5.75 Å². The Balaban J connectivity index is 1.69. The normalized spacial score (nSPS) is 20.2. The molecule has 0 saturated carbocycles. The highest BCUT2D eigenvalue weighted by molar-refractivity contribution is 5.26. The summed E-state index contributed by atoms with van der Waals surface area (Å²) >= 11 is 0. The fourth-order valence-electron chi connectivity index (χ4n) is 2.23. The van der Waals surface area contributed by atoms with Crippen molar-refractivity contribution in [3.8, 4) is 5.75 Å². The largest absolute Gasteiger partial charge is 0.497 e. The van der Waals surface area contributed by atoms with Crippen molar-refractivity contribution >= 4 is 0 Å². The molecule has 94 valence electrons. The third-order valence-electron chi connectivity index (χ3n) is 3.29. The van der Waals surface area contributed by atoms with Crippen LogP contribution in [-0.4, -0.2) is 26.2 Å². The summed E-state index contributed by atoms with van der Waals surface area (Å²) < 4.78 is 5.14. The van der Waals surface area contributed by atoms with E-state index in [1.807, 2.05) is 12.1 Å². The molecule has 1 aliphatic rings. The predicted molar refractivity (Wildman–Crippen MR) is 70.3 cm³/mol. The zero-order chi connectivity index (χ0) is 11.9. The van der Waals surface area contributed by atoms with E-state index in [9.17, 15) is 0 Å². The SMILES string of the molecule is COc1ccc(CNCC2CCCCN2)cc1. The highest BCUT2D eigenvalue weighted by Gasteiger charge is 2.11. The summed E-state index contributed by atoms with van der Waals surface area (Å²) in [6.07, 6.45) is 3.99. The summed E-state index contributed by atoms with van der Waals surface area (Å²) in [6, 6.07) is 8.90. The van der Waals surface area contributed by atoms with Gasteiger partial charge in [-0.15, -0.1) is 0 Å². The van der Waals surface area contributed by atoms with Crippen molar-refractivity contribution < 1.29 is 4.74 Å². The van der Waals surface area contributed by atoms with Crippen molar-refractivity contribution in [2.45, 2.75) is 31.8 Å². The molecule has 3 heteroatoms. The average molecular weight is 234 g/mol. The fourth-order valence-corrected chi connectivity index (χ4v) is 2.23. The summed E-state index contributed by atoms with van der Waals surface area (Å²) in [6.45, 7) is 3.17. The lowest BCUT2D eigenvalue weighted by molar-refractivity contribution is 0.383. The molecule has 3 nitrogen and oxygen atoms in total. The van der Waals surface area contributed by atoms with Gasteiger partial charge in [-0.3, -0.25) is 0 Å². The van der Waals surface area contributed by atoms with Gasteiger partial charge in [-0.2, -0.15) is 0 Å². The van der Waals surface area contributed by atoms with Crippen LogP contribution in [0.4, 0.5) is 0 Å². The van der Waals surface area contributed by atoms with E-state index in [-0.39, 0.29) is 0 Å². The second-order valence-electron chi connectivity index (χ2n) is 4.63. The standard InChI is InChI=1S/C14H22N2O/c1-17-14-7-5-12(6-8-14)10-15-11-13-4-2-3-9-16-13/h5-8,13,15-16H,2-4,9-11H2,1H3. The Morgan fingerprint density at radius 1 is 1.29 bits per heavy atom. The van der Waals surface area contributed by atoms with Crippen LogP contribution in [0.25, 0.3) is 0 Å². The van der Waals surface area contributed by atoms with E-state index in [1.54, 1.807) is 7.11 Å². The quantitative estimate of drug-likeness (QED) is 0.816. The monoisotopic (exact) mass is 234 g/mol. The Morgan fingerprint density at radius 3 is 2.76 bits per heavy atom. The molecule has 0 bridgehead atoms. The summed E-state index contributed by atoms with van der Waals surface area (Å²) in [5.41, 5.74) is 1.31. The Bertz CT molecular complexity index is 317. The Morgan fingerprint density at radius 2 is 2.12 bits per heavy atom. The minimum Gasteiger partial charge on any atom is -0.497 e. The smallest absolute Gasteiger partial charge is 0.118 e. The number of ether oxygens (including phenoxy) is 1. The highest BCUT2D eigenvalue weighted by atomic mass is 16.5. The van der Waals surface area contributed by atoms with Crippen LogP contribution in [0.5, 0.6) is 5.75 Å². The van der Waals surface area contributed by atoms with Gasteiger partial charge in [0.25, 0.3) is 0 Å². The van der Waals surface area contributed by atoms with Crippen LogP contribution < -0.4 is 15.4 Å². The van der Waals surface area contributed by atoms with Crippen molar-refractivity contribution in [3.63, 3.8) is 0 Å². The van der Waals surface area contributed by atoms with E-state index in [1.165, 1.54) is 31.4 Å². The van der Waals surface area contributed by atoms with Gasteiger partial charge >= 0.3 is 0 Å². The molecule has 1 saturated heterocycles. The first-order valence-corrected chi connectivity index (χ1v) is 6.45. The van der Waals surface area contributed by atoms with Crippen molar-refractivity contribution in [2.75, 3.05) is 20.2 Å². The Kier molecular flexibility index (Phi) is 4.83. The Labute approximate surface area is 104 Å². The van der Waals surface area contributed by atoms with Crippen LogP contribution in [0.2, 0.25) is 0 Å². The fraction of sp³-hybridized carbons (Fsp3) is 0.571. The van der Waals surface area contributed by atoms with Gasteiger partial charge in [-0.05, 0) is 37.1 Å². The summed E-state index contributed by atoms with van der Waals surface area (Å²) in [5.74, 6) is 0.919. The summed E-state index contributed by atoms with van der Waals surface area (Å²) in [4.78, 5) is 0. The first-order chi connectivity index (χ1) is 8.38. The van der Waals surface area contributed by atoms with Crippen molar-refractivity contribution in [1.82, 2.24) is 10.6 Å². The van der Waals surface area contributed by atoms with Crippen molar-refractivity contribution in [3.05, 3.63) is 29.8 Å². The molecule has 1 aliphatic heterocycles. The second kappa shape index (κ2) is 6.62. The van der Waals surface area contributed by atoms with Crippen LogP contribution in [0.15, 0.2) is 24.3 Å². The molecular formula is C14H22N2O. The maximum absolute atomic E-state index is 5.14. The molecule has 1 heterocycles. The van der Waals surface area contributed by atoms with Gasteiger partial charge in [0.15, 0.2) is 0 Å². The zero-order valence-corrected chi connectivity index (χ0v) is 10.5. The topological polar surface area (TPSA) is 33.3 Å². The molecule has 2 rings (SSSR count). The number of methoxy groups -OCH3 is 1. The van der Waals surface area contributed by atoms with E-state index in [0.717, 1.165) is 18.8 Å². The number of benzene rings is 1. The molecule has 1 atom stereocenters. The van der Waals surface area contributed by atoms with E-state index >= 15 is 0 Å². The first-order valence-electron chi connectivity index (χ1n) is 6.45. The summed E-state index contributed by atoms with van der Waals surface area (Å²) in [5, 5.41) is 7.05. The van der Waals surface area contributed by atoms with Crippen LogP contribution in [0.3, 0.4) is 0 Å². The van der Waals surface area contributed by atoms with Crippen LogP contribution >= 0.6 is 0 Å². The van der Waals surface area contributed by atoms with Crippen LogP contribution in [-0.2, 0) is 6.54 Å². The molecular weight excluding hydrogens is 212 g/mol. The van der Waals surface area contributed by atoms with Crippen molar-refractivity contribution in [1.29, 1.82) is 0 Å². The van der Waals surface area contributed by atoms with Crippen molar-refractivity contribution in [2.24, 2.45) is 0 Å². The molecule has 0 amide bonds. The van der Waals surface area contributed by atoms with Gasteiger partial charge in [0.2, 0.25) is 0 Å². The number of hydrogen-bond donors (Lipinski definition) is 2. The predicted octanol–water partition coefficient (Wildman–Crippen LogP) is 1.93. The molecule has 0 aromatic heterocycles. The number of rotatable bonds is 5. The summed E-state index contributed by atoms with van der Waals surface area (Å²) in [7, 11) is 1.70. The number of piperidine rings is 1. The molecule has 1 fully saturated rings. The molecule has 1 aromatic carbocycles. The third-order valence-corrected chi connectivity index (χ3v) is 3.29. The minimum atomic E-state index is 0.655. The lowest BCUT2D eigenvalue weighted by Crippen LogP contribution is -2.41. The van der Waals surface area contributed by atoms with Crippen LogP contribution in [0.1, 0.15) is 24.8 Å². The van der Waals surface area contributed by atoms with E-state index in [0.29, 0.717) is 6.04 Å². The van der Waals surface area contributed by atoms with E-state index in [4.69, 9.17) is 4.74 Å². The van der Waals surface area contributed by atoms with Crippen LogP contribution in [0, 0.1) is 0 Å². The minimum absolute atomic E-state index is 0.655. The van der Waals surface area contributed by atoms with Gasteiger partial charge in [-0.1, -0.05) is 18.6 Å². The maximum Gasteiger partial charge on any atom is 0.118 e. The highest BCUT2D eigenvalue weighted by Crippen LogP contribution is 2.11. The van der Waals surface area contributed by atoms with Gasteiger partial charge in [-0.25, -0.2) is 0 Å². The molecule has 0 aliphatic carbocycles. The molecule has 2 N–H and O–H groups in total. The molecule has 0 spiro atoms. The number of nitrogens with one attached hydrogen (secondary N) is 2. The molecule has 0 radical (unpaired) electrons.